The minimum absolute atomic E-state index is 0.111. The zero-order valence-corrected chi connectivity index (χ0v) is 20.1. The monoisotopic (exact) mass is 424 g/mol. The van der Waals surface area contributed by atoms with Crippen LogP contribution in [0.15, 0.2) is 35.4 Å². The Kier molecular flexibility index (Phi) is 7.53. The lowest BCUT2D eigenvalue weighted by Gasteiger charge is -2.27. The molecular formula is C26H36N2O3. The number of aryl methyl sites for hydroxylation is 2. The van der Waals surface area contributed by atoms with Gasteiger partial charge in [-0.15, -0.1) is 0 Å². The lowest BCUT2D eigenvalue weighted by atomic mass is 9.78. The molecule has 0 aromatic heterocycles. The molecule has 0 aliphatic heterocycles. The van der Waals surface area contributed by atoms with Crippen molar-refractivity contribution < 1.29 is 14.6 Å². The molecule has 5 nitrogen and oxygen atoms in total. The van der Waals surface area contributed by atoms with Gasteiger partial charge in [0, 0.05) is 11.1 Å². The number of ether oxygens (including phenoxy) is 1. The minimum Gasteiger partial charge on any atom is -0.507 e. The average Bonchev–Trinajstić information content (AvgIpc) is 2.65. The minimum atomic E-state index is -0.332. The Hall–Kier alpha value is -2.82. The van der Waals surface area contributed by atoms with Gasteiger partial charge >= 0.3 is 0 Å². The Morgan fingerprint density at radius 2 is 1.61 bits per heavy atom. The van der Waals surface area contributed by atoms with Gasteiger partial charge in [0.1, 0.15) is 11.5 Å². The van der Waals surface area contributed by atoms with E-state index in [1.807, 2.05) is 31.2 Å². The molecule has 0 unspecified atom stereocenters. The van der Waals surface area contributed by atoms with Gasteiger partial charge in [-0.3, -0.25) is 4.79 Å². The van der Waals surface area contributed by atoms with Crippen LogP contribution in [0.1, 0.15) is 76.3 Å². The lowest BCUT2D eigenvalue weighted by molar-refractivity contribution is -0.123. The first-order valence-electron chi connectivity index (χ1n) is 10.7. The Bertz CT molecular complexity index is 929. The number of carbonyl (C=O) groups excluding carboxylic acids is 1. The van der Waals surface area contributed by atoms with Crippen LogP contribution in [0.3, 0.4) is 0 Å². The first kappa shape index (κ1) is 24.4. The smallest absolute Gasteiger partial charge is 0.277 e. The fourth-order valence-electron chi connectivity index (χ4n) is 3.35. The number of hydrazone groups is 1. The Labute approximate surface area is 186 Å². The van der Waals surface area contributed by atoms with E-state index in [0.717, 1.165) is 28.7 Å². The van der Waals surface area contributed by atoms with E-state index in [1.54, 1.807) is 6.21 Å². The van der Waals surface area contributed by atoms with Gasteiger partial charge in [-0.05, 0) is 65.1 Å². The molecule has 0 radical (unpaired) electrons. The summed E-state index contributed by atoms with van der Waals surface area (Å²) in [4.78, 5) is 12.2. The van der Waals surface area contributed by atoms with Crippen molar-refractivity contribution in [3.63, 3.8) is 0 Å². The quantitative estimate of drug-likeness (QED) is 0.483. The highest BCUT2D eigenvalue weighted by atomic mass is 16.5. The number of phenols is 1. The van der Waals surface area contributed by atoms with Crippen LogP contribution in [-0.4, -0.2) is 23.8 Å². The first-order chi connectivity index (χ1) is 14.3. The lowest BCUT2D eigenvalue weighted by Crippen LogP contribution is -2.24. The van der Waals surface area contributed by atoms with Crippen LogP contribution in [-0.2, 0) is 22.0 Å². The standard InChI is InChI=1S/C26H36N2O3/c1-9-18-10-17(2)11-20(12-18)31-16-23(29)28-27-15-19-13-21(25(3,4)5)24(30)22(14-19)26(6,7)8/h10-15,30H,9,16H2,1-8H3,(H,28,29). The van der Waals surface area contributed by atoms with Crippen LogP contribution in [0.25, 0.3) is 0 Å². The maximum absolute atomic E-state index is 12.2. The van der Waals surface area contributed by atoms with Crippen LogP contribution in [0.4, 0.5) is 0 Å². The number of amides is 1. The van der Waals surface area contributed by atoms with Gasteiger partial charge in [-0.1, -0.05) is 54.5 Å². The summed E-state index contributed by atoms with van der Waals surface area (Å²) in [6, 6.07) is 9.79. The van der Waals surface area contributed by atoms with Crippen molar-refractivity contribution in [1.29, 1.82) is 0 Å². The van der Waals surface area contributed by atoms with Gasteiger partial charge in [-0.2, -0.15) is 5.10 Å². The van der Waals surface area contributed by atoms with Crippen molar-refractivity contribution in [2.75, 3.05) is 6.61 Å². The van der Waals surface area contributed by atoms with E-state index < -0.39 is 0 Å². The van der Waals surface area contributed by atoms with Crippen molar-refractivity contribution in [2.24, 2.45) is 5.10 Å². The second kappa shape index (κ2) is 9.54. The van der Waals surface area contributed by atoms with Crippen LogP contribution in [0, 0.1) is 6.92 Å². The summed E-state index contributed by atoms with van der Waals surface area (Å²) in [5.41, 5.74) is 6.86. The van der Waals surface area contributed by atoms with Crippen LogP contribution in [0.2, 0.25) is 0 Å². The number of nitrogens with one attached hydrogen (secondary N) is 1. The highest BCUT2D eigenvalue weighted by molar-refractivity contribution is 5.84. The van der Waals surface area contributed by atoms with E-state index in [-0.39, 0.29) is 23.3 Å². The Morgan fingerprint density at radius 3 is 2.13 bits per heavy atom. The molecule has 2 aromatic rings. The molecule has 0 aliphatic carbocycles. The normalized spacial score (nSPS) is 12.3. The Balaban J connectivity index is 2.11. The summed E-state index contributed by atoms with van der Waals surface area (Å²) >= 11 is 0. The average molecular weight is 425 g/mol. The zero-order chi connectivity index (χ0) is 23.4. The second-order valence-electron chi connectivity index (χ2n) is 10.1. The maximum atomic E-state index is 12.2. The van der Waals surface area contributed by atoms with Crippen molar-refractivity contribution in [3.8, 4) is 11.5 Å². The van der Waals surface area contributed by atoms with Crippen molar-refractivity contribution in [2.45, 2.75) is 72.6 Å². The number of hydrogen-bond donors (Lipinski definition) is 2. The topological polar surface area (TPSA) is 70.9 Å². The molecular weight excluding hydrogens is 388 g/mol. The van der Waals surface area contributed by atoms with Gasteiger partial charge in [0.15, 0.2) is 6.61 Å². The van der Waals surface area contributed by atoms with Crippen LogP contribution in [0.5, 0.6) is 11.5 Å². The van der Waals surface area contributed by atoms with Gasteiger partial charge in [-0.25, -0.2) is 5.43 Å². The number of benzene rings is 2. The third kappa shape index (κ3) is 6.84. The van der Waals surface area contributed by atoms with Gasteiger partial charge in [0.25, 0.3) is 5.91 Å². The zero-order valence-electron chi connectivity index (χ0n) is 20.1. The Morgan fingerprint density at radius 1 is 1.03 bits per heavy atom. The maximum Gasteiger partial charge on any atom is 0.277 e. The van der Waals surface area contributed by atoms with Crippen LogP contribution < -0.4 is 10.2 Å². The van der Waals surface area contributed by atoms with E-state index in [4.69, 9.17) is 4.74 Å². The molecule has 0 atom stereocenters. The van der Waals surface area contributed by atoms with Crippen LogP contribution >= 0.6 is 0 Å². The number of phenolic OH excluding ortho intramolecular Hbond substituents is 1. The van der Waals surface area contributed by atoms with E-state index in [9.17, 15) is 9.90 Å². The molecule has 2 N–H and O–H groups in total. The predicted octanol–water partition coefficient (Wildman–Crippen LogP) is 5.39. The molecule has 0 fully saturated rings. The van der Waals surface area contributed by atoms with Gasteiger partial charge in [0.05, 0.1) is 6.21 Å². The molecule has 0 saturated carbocycles. The third-order valence-electron chi connectivity index (χ3n) is 5.04. The summed E-state index contributed by atoms with van der Waals surface area (Å²) in [6.07, 6.45) is 2.51. The van der Waals surface area contributed by atoms with Crippen molar-refractivity contribution in [3.05, 3.63) is 58.1 Å². The predicted molar refractivity (Wildman–Crippen MR) is 127 cm³/mol. The molecule has 0 heterocycles. The third-order valence-corrected chi connectivity index (χ3v) is 5.04. The summed E-state index contributed by atoms with van der Waals surface area (Å²) in [5.74, 6) is 0.667. The first-order valence-corrected chi connectivity index (χ1v) is 10.7. The summed E-state index contributed by atoms with van der Waals surface area (Å²) in [5, 5.41) is 14.9. The largest absolute Gasteiger partial charge is 0.507 e. The highest BCUT2D eigenvalue weighted by Gasteiger charge is 2.26. The number of carbonyl (C=O) groups is 1. The fraction of sp³-hybridized carbons (Fsp3) is 0.462. The van der Waals surface area contributed by atoms with E-state index >= 15 is 0 Å². The fourth-order valence-corrected chi connectivity index (χ4v) is 3.35. The molecule has 5 heteroatoms. The molecule has 2 aromatic carbocycles. The SMILES string of the molecule is CCc1cc(C)cc(OCC(=O)NN=Cc2cc(C(C)(C)C)c(O)c(C(C)(C)C)c2)c1. The van der Waals surface area contributed by atoms with Crippen molar-refractivity contribution >= 4 is 12.1 Å². The molecule has 0 saturated heterocycles. The summed E-state index contributed by atoms with van der Waals surface area (Å²) in [7, 11) is 0. The molecule has 2 rings (SSSR count). The van der Waals surface area contributed by atoms with Gasteiger partial charge < -0.3 is 9.84 Å². The number of rotatable bonds is 6. The van der Waals surface area contributed by atoms with E-state index in [1.165, 1.54) is 5.56 Å². The van der Waals surface area contributed by atoms with E-state index in [2.05, 4.69) is 65.1 Å². The van der Waals surface area contributed by atoms with E-state index in [0.29, 0.717) is 11.5 Å². The van der Waals surface area contributed by atoms with Crippen molar-refractivity contribution in [1.82, 2.24) is 5.43 Å². The second-order valence-corrected chi connectivity index (χ2v) is 10.1. The molecule has 0 aliphatic rings. The molecule has 168 valence electrons. The number of nitrogens with zero attached hydrogens (tertiary/aromatic N) is 1. The number of aromatic hydroxyl groups is 1. The van der Waals surface area contributed by atoms with Gasteiger partial charge in [0.2, 0.25) is 0 Å². The summed E-state index contributed by atoms with van der Waals surface area (Å²) < 4.78 is 5.62. The highest BCUT2D eigenvalue weighted by Crippen LogP contribution is 2.39. The summed E-state index contributed by atoms with van der Waals surface area (Å²) in [6.45, 7) is 16.3. The molecule has 31 heavy (non-hydrogen) atoms. The molecule has 0 bridgehead atoms. The molecule has 0 spiro atoms. The number of hydrogen-bond acceptors (Lipinski definition) is 4. The molecule has 1 amide bonds.